The van der Waals surface area contributed by atoms with Crippen molar-refractivity contribution >= 4 is 38.9 Å². The van der Waals surface area contributed by atoms with Crippen LogP contribution in [-0.2, 0) is 10.0 Å². The molecule has 1 aliphatic rings. The van der Waals surface area contributed by atoms with E-state index in [0.717, 1.165) is 0 Å². The molecule has 1 amide bonds. The number of para-hydroxylation sites is 2. The van der Waals surface area contributed by atoms with Crippen LogP contribution in [0.5, 0.6) is 0 Å². The highest BCUT2D eigenvalue weighted by Crippen LogP contribution is 2.29. The zero-order valence-electron chi connectivity index (χ0n) is 17.9. The molecule has 32 heavy (non-hydrogen) atoms. The van der Waals surface area contributed by atoms with E-state index in [9.17, 15) is 23.3 Å². The molecular weight excluding hydrogens is 456 g/mol. The smallest absolute Gasteiger partial charge is 0.292 e. The van der Waals surface area contributed by atoms with Crippen molar-refractivity contribution in [2.75, 3.05) is 44.2 Å². The van der Waals surface area contributed by atoms with E-state index >= 15 is 0 Å². The van der Waals surface area contributed by atoms with E-state index in [1.54, 1.807) is 36.9 Å². The highest BCUT2D eigenvalue weighted by molar-refractivity contribution is 7.89. The summed E-state index contributed by atoms with van der Waals surface area (Å²) in [5.74, 6) is -0.367. The Hall–Kier alpha value is -2.69. The number of benzene rings is 2. The van der Waals surface area contributed by atoms with Crippen molar-refractivity contribution in [3.05, 3.63) is 63.2 Å². The Bertz CT molecular complexity index is 1110. The monoisotopic (exact) mass is 480 g/mol. The Kier molecular flexibility index (Phi) is 7.37. The second-order valence-electron chi connectivity index (χ2n) is 7.26. The van der Waals surface area contributed by atoms with Gasteiger partial charge >= 0.3 is 0 Å². The third-order valence-corrected chi connectivity index (χ3v) is 7.87. The predicted molar refractivity (Wildman–Crippen MR) is 123 cm³/mol. The topological polar surface area (TPSA) is 104 Å². The lowest BCUT2D eigenvalue weighted by atomic mass is 10.1. The molecule has 11 heteroatoms. The number of piperazine rings is 1. The number of hydrogen-bond donors (Lipinski definition) is 0. The number of carbonyl (C=O) groups is 1. The second-order valence-corrected chi connectivity index (χ2v) is 9.60. The molecule has 2 aromatic rings. The van der Waals surface area contributed by atoms with Gasteiger partial charge in [0, 0.05) is 45.3 Å². The van der Waals surface area contributed by atoms with Gasteiger partial charge in [-0.1, -0.05) is 37.6 Å². The minimum Gasteiger partial charge on any atom is -0.362 e. The molecule has 172 valence electrons. The van der Waals surface area contributed by atoms with Crippen molar-refractivity contribution in [3.63, 3.8) is 0 Å². The van der Waals surface area contributed by atoms with Crippen molar-refractivity contribution < 1.29 is 18.1 Å². The third-order valence-electron chi connectivity index (χ3n) is 5.50. The molecule has 1 aliphatic heterocycles. The third kappa shape index (κ3) is 4.72. The van der Waals surface area contributed by atoms with Crippen LogP contribution in [0, 0.1) is 10.1 Å². The number of hydrogen-bond acceptors (Lipinski definition) is 6. The van der Waals surface area contributed by atoms with E-state index in [4.69, 9.17) is 11.6 Å². The maximum Gasteiger partial charge on any atom is 0.292 e. The number of nitrogens with zero attached hydrogens (tertiary/aromatic N) is 4. The fourth-order valence-electron chi connectivity index (χ4n) is 3.75. The number of halogens is 1. The van der Waals surface area contributed by atoms with E-state index < -0.39 is 14.9 Å². The van der Waals surface area contributed by atoms with Gasteiger partial charge in [0.1, 0.15) is 5.69 Å². The van der Waals surface area contributed by atoms with Crippen LogP contribution in [0.25, 0.3) is 0 Å². The standard InChI is InChI=1S/C21H25ClN4O5S/c1-3-25(4-2)32(30,31)16-9-10-18(22)17(15-16)21(27)24-13-11-23(12-14-24)19-7-5-6-8-20(19)26(28)29/h5-10,15H,3-4,11-14H2,1-2H3. The van der Waals surface area contributed by atoms with Gasteiger partial charge < -0.3 is 9.80 Å². The Morgan fingerprint density at radius 2 is 1.72 bits per heavy atom. The van der Waals surface area contributed by atoms with E-state index in [2.05, 4.69) is 0 Å². The van der Waals surface area contributed by atoms with Crippen LogP contribution in [0.2, 0.25) is 5.02 Å². The molecule has 0 spiro atoms. The molecule has 0 saturated carbocycles. The van der Waals surface area contributed by atoms with Crippen molar-refractivity contribution in [2.45, 2.75) is 18.7 Å². The quantitative estimate of drug-likeness (QED) is 0.445. The fourth-order valence-corrected chi connectivity index (χ4v) is 5.43. The van der Waals surface area contributed by atoms with Gasteiger partial charge in [0.2, 0.25) is 10.0 Å². The molecular formula is C21H25ClN4O5S. The van der Waals surface area contributed by atoms with Crippen molar-refractivity contribution in [3.8, 4) is 0 Å². The lowest BCUT2D eigenvalue weighted by molar-refractivity contribution is -0.384. The number of amides is 1. The van der Waals surface area contributed by atoms with Gasteiger partial charge in [-0.15, -0.1) is 0 Å². The first-order chi connectivity index (χ1) is 15.2. The SMILES string of the molecule is CCN(CC)S(=O)(=O)c1ccc(Cl)c(C(=O)N2CCN(c3ccccc3[N+](=O)[O-])CC2)c1. The Balaban J connectivity index is 1.79. The van der Waals surface area contributed by atoms with Crippen LogP contribution >= 0.6 is 11.6 Å². The molecule has 3 rings (SSSR count). The maximum absolute atomic E-state index is 13.1. The van der Waals surface area contributed by atoms with E-state index in [0.29, 0.717) is 45.0 Å². The first-order valence-electron chi connectivity index (χ1n) is 10.3. The molecule has 0 N–H and O–H groups in total. The molecule has 1 fully saturated rings. The molecule has 0 aromatic heterocycles. The Morgan fingerprint density at radius 1 is 1.09 bits per heavy atom. The van der Waals surface area contributed by atoms with Crippen LogP contribution in [0.1, 0.15) is 24.2 Å². The van der Waals surface area contributed by atoms with Crippen LogP contribution in [0.3, 0.4) is 0 Å². The number of nitro benzene ring substituents is 1. The number of nitro groups is 1. The summed E-state index contributed by atoms with van der Waals surface area (Å²) in [6, 6.07) is 10.6. The van der Waals surface area contributed by atoms with E-state index in [-0.39, 0.29) is 27.1 Å². The highest BCUT2D eigenvalue weighted by Gasteiger charge is 2.29. The van der Waals surface area contributed by atoms with Gasteiger partial charge in [-0.05, 0) is 24.3 Å². The molecule has 0 unspecified atom stereocenters. The van der Waals surface area contributed by atoms with Crippen LogP contribution in [0.15, 0.2) is 47.4 Å². The fraction of sp³-hybridized carbons (Fsp3) is 0.381. The number of carbonyl (C=O) groups excluding carboxylic acids is 1. The summed E-state index contributed by atoms with van der Waals surface area (Å²) in [7, 11) is -3.73. The van der Waals surface area contributed by atoms with E-state index in [1.165, 1.54) is 28.6 Å². The van der Waals surface area contributed by atoms with Crippen molar-refractivity contribution in [1.82, 2.24) is 9.21 Å². The predicted octanol–water partition coefficient (Wildman–Crippen LogP) is 3.24. The average molecular weight is 481 g/mol. The van der Waals surface area contributed by atoms with E-state index in [1.807, 2.05) is 4.90 Å². The Labute approximate surface area is 192 Å². The molecule has 9 nitrogen and oxygen atoms in total. The summed E-state index contributed by atoms with van der Waals surface area (Å²) >= 11 is 6.25. The lowest BCUT2D eigenvalue weighted by Gasteiger charge is -2.36. The van der Waals surface area contributed by atoms with Gasteiger partial charge in [0.15, 0.2) is 0 Å². The largest absolute Gasteiger partial charge is 0.362 e. The second kappa shape index (κ2) is 9.85. The van der Waals surface area contributed by atoms with Crippen molar-refractivity contribution in [1.29, 1.82) is 0 Å². The molecule has 1 saturated heterocycles. The van der Waals surface area contributed by atoms with Crippen LogP contribution in [-0.4, -0.2) is 67.7 Å². The molecule has 1 heterocycles. The average Bonchev–Trinajstić information content (AvgIpc) is 2.79. The summed E-state index contributed by atoms with van der Waals surface area (Å²) in [5.41, 5.74) is 0.651. The van der Waals surface area contributed by atoms with Crippen LogP contribution < -0.4 is 4.90 Å². The summed E-state index contributed by atoms with van der Waals surface area (Å²) < 4.78 is 27.0. The normalized spacial score (nSPS) is 14.6. The summed E-state index contributed by atoms with van der Waals surface area (Å²) in [6.45, 7) is 5.61. The highest BCUT2D eigenvalue weighted by atomic mass is 35.5. The van der Waals surface area contributed by atoms with Crippen LogP contribution in [0.4, 0.5) is 11.4 Å². The first-order valence-corrected chi connectivity index (χ1v) is 12.1. The minimum atomic E-state index is -3.73. The first kappa shape index (κ1) is 24.0. The summed E-state index contributed by atoms with van der Waals surface area (Å²) in [4.78, 5) is 27.5. The van der Waals surface area contributed by atoms with Gasteiger partial charge in [-0.25, -0.2) is 8.42 Å². The zero-order valence-corrected chi connectivity index (χ0v) is 19.5. The molecule has 0 atom stereocenters. The maximum atomic E-state index is 13.1. The Morgan fingerprint density at radius 3 is 2.31 bits per heavy atom. The minimum absolute atomic E-state index is 0.0182. The molecule has 0 radical (unpaired) electrons. The van der Waals surface area contributed by atoms with Gasteiger partial charge in [-0.2, -0.15) is 4.31 Å². The molecule has 0 bridgehead atoms. The number of anilines is 1. The lowest BCUT2D eigenvalue weighted by Crippen LogP contribution is -2.49. The summed E-state index contributed by atoms with van der Waals surface area (Å²) in [5, 5.41) is 11.5. The zero-order chi connectivity index (χ0) is 23.5. The van der Waals surface area contributed by atoms with Gasteiger partial charge in [0.05, 0.1) is 20.4 Å². The number of rotatable bonds is 7. The number of sulfonamides is 1. The summed E-state index contributed by atoms with van der Waals surface area (Å²) in [6.07, 6.45) is 0. The van der Waals surface area contributed by atoms with Crippen molar-refractivity contribution in [2.24, 2.45) is 0 Å². The van der Waals surface area contributed by atoms with Gasteiger partial charge in [-0.3, -0.25) is 14.9 Å². The van der Waals surface area contributed by atoms with Gasteiger partial charge in [0.25, 0.3) is 11.6 Å². The molecule has 0 aliphatic carbocycles. The molecule has 2 aromatic carbocycles.